The van der Waals surface area contributed by atoms with E-state index in [2.05, 4.69) is 14.9 Å². The van der Waals surface area contributed by atoms with Crippen molar-refractivity contribution in [3.63, 3.8) is 0 Å². The molecule has 134 valence electrons. The Hall–Kier alpha value is -1.89. The summed E-state index contributed by atoms with van der Waals surface area (Å²) in [5, 5.41) is 0. The summed E-state index contributed by atoms with van der Waals surface area (Å²) in [6, 6.07) is 2.00. The minimum Gasteiger partial charge on any atom is -0.444 e. The maximum atomic E-state index is 12.2. The van der Waals surface area contributed by atoms with Crippen LogP contribution in [0.2, 0.25) is 0 Å². The highest BCUT2D eigenvalue weighted by molar-refractivity contribution is 5.68. The monoisotopic (exact) mass is 336 g/mol. The molecule has 0 aliphatic carbocycles. The fourth-order valence-electron chi connectivity index (χ4n) is 2.56. The molecule has 1 fully saturated rings. The van der Waals surface area contributed by atoms with E-state index in [1.807, 2.05) is 26.8 Å². The molecule has 0 radical (unpaired) electrons. The Kier molecular flexibility index (Phi) is 6.36. The third-order valence-corrected chi connectivity index (χ3v) is 3.74. The smallest absolute Gasteiger partial charge is 0.410 e. The normalized spacial score (nSPS) is 16.0. The zero-order valence-electron chi connectivity index (χ0n) is 15.1. The maximum Gasteiger partial charge on any atom is 0.410 e. The van der Waals surface area contributed by atoms with Crippen molar-refractivity contribution < 1.29 is 14.3 Å². The van der Waals surface area contributed by atoms with Gasteiger partial charge in [-0.3, -0.25) is 0 Å². The van der Waals surface area contributed by atoms with Gasteiger partial charge in [0.2, 0.25) is 0 Å². The summed E-state index contributed by atoms with van der Waals surface area (Å²) in [4.78, 5) is 24.9. The van der Waals surface area contributed by atoms with Gasteiger partial charge in [0.15, 0.2) is 0 Å². The molecule has 7 heteroatoms. The van der Waals surface area contributed by atoms with Gasteiger partial charge in [0.1, 0.15) is 17.7 Å². The number of carbonyl (C=O) groups excluding carboxylic acids is 1. The van der Waals surface area contributed by atoms with Crippen molar-refractivity contribution in [2.24, 2.45) is 0 Å². The van der Waals surface area contributed by atoms with Crippen molar-refractivity contribution in [1.82, 2.24) is 14.9 Å². The first-order valence-electron chi connectivity index (χ1n) is 8.42. The van der Waals surface area contributed by atoms with E-state index in [1.165, 1.54) is 0 Å². The van der Waals surface area contributed by atoms with Crippen LogP contribution >= 0.6 is 0 Å². The summed E-state index contributed by atoms with van der Waals surface area (Å²) in [5.74, 6) is 0.905. The van der Waals surface area contributed by atoms with Crippen molar-refractivity contribution in [1.29, 1.82) is 0 Å². The number of aromatic nitrogens is 2. The standard InChI is InChI=1S/C17H28N4O3/c1-17(2,3)24-16(22)21-8-5-7-20(9-10-21)15-12-14(6-11-23-4)18-13-19-15/h12-13H,5-11H2,1-4H3. The molecular formula is C17H28N4O3. The number of hydrogen-bond acceptors (Lipinski definition) is 6. The molecule has 1 aliphatic rings. The number of carbonyl (C=O) groups is 1. The van der Waals surface area contributed by atoms with Crippen LogP contribution in [0.1, 0.15) is 32.9 Å². The lowest BCUT2D eigenvalue weighted by Gasteiger charge is -2.26. The van der Waals surface area contributed by atoms with Gasteiger partial charge in [0.25, 0.3) is 0 Å². The number of amides is 1. The van der Waals surface area contributed by atoms with Crippen LogP contribution < -0.4 is 4.90 Å². The van der Waals surface area contributed by atoms with Crippen LogP contribution in [0.15, 0.2) is 12.4 Å². The molecule has 2 rings (SSSR count). The summed E-state index contributed by atoms with van der Waals surface area (Å²) in [6.07, 6.45) is 3.00. The molecule has 0 unspecified atom stereocenters. The van der Waals surface area contributed by atoms with Crippen LogP contribution in [0.25, 0.3) is 0 Å². The minimum absolute atomic E-state index is 0.243. The van der Waals surface area contributed by atoms with E-state index in [4.69, 9.17) is 9.47 Å². The van der Waals surface area contributed by atoms with Crippen LogP contribution in [0.5, 0.6) is 0 Å². The Labute approximate surface area is 144 Å². The van der Waals surface area contributed by atoms with Gasteiger partial charge < -0.3 is 19.3 Å². The van der Waals surface area contributed by atoms with E-state index in [1.54, 1.807) is 18.3 Å². The molecule has 1 aliphatic heterocycles. The number of ether oxygens (including phenoxy) is 2. The first kappa shape index (κ1) is 18.4. The molecule has 0 atom stereocenters. The van der Waals surface area contributed by atoms with Crippen LogP contribution in [0.3, 0.4) is 0 Å². The topological polar surface area (TPSA) is 67.8 Å². The Bertz CT molecular complexity index is 545. The van der Waals surface area contributed by atoms with Gasteiger partial charge in [-0.25, -0.2) is 14.8 Å². The molecule has 1 amide bonds. The lowest BCUT2D eigenvalue weighted by atomic mass is 10.2. The average Bonchev–Trinajstić information content (AvgIpc) is 2.78. The zero-order chi connectivity index (χ0) is 17.6. The van der Waals surface area contributed by atoms with Gasteiger partial charge in [0, 0.05) is 51.5 Å². The highest BCUT2D eigenvalue weighted by atomic mass is 16.6. The van der Waals surface area contributed by atoms with Crippen LogP contribution in [-0.4, -0.2) is 66.5 Å². The number of methoxy groups -OCH3 is 1. The van der Waals surface area contributed by atoms with Gasteiger partial charge in [0.05, 0.1) is 6.61 Å². The van der Waals surface area contributed by atoms with Crippen LogP contribution in [0, 0.1) is 0 Å². The summed E-state index contributed by atoms with van der Waals surface area (Å²) in [7, 11) is 1.68. The number of nitrogens with zero attached hydrogens (tertiary/aromatic N) is 4. The van der Waals surface area contributed by atoms with E-state index in [9.17, 15) is 4.79 Å². The maximum absolute atomic E-state index is 12.2. The SMILES string of the molecule is COCCc1cc(N2CCCN(C(=O)OC(C)(C)C)CC2)ncn1. The Balaban J connectivity index is 1.96. The fraction of sp³-hybridized carbons (Fsp3) is 0.706. The number of anilines is 1. The molecule has 0 saturated carbocycles. The van der Waals surface area contributed by atoms with Crippen molar-refractivity contribution in [3.05, 3.63) is 18.1 Å². The minimum atomic E-state index is -0.466. The van der Waals surface area contributed by atoms with Crippen molar-refractivity contribution in [2.75, 3.05) is 44.8 Å². The molecule has 0 aromatic carbocycles. The van der Waals surface area contributed by atoms with Crippen molar-refractivity contribution >= 4 is 11.9 Å². The van der Waals surface area contributed by atoms with Crippen molar-refractivity contribution in [3.8, 4) is 0 Å². The lowest BCUT2D eigenvalue weighted by molar-refractivity contribution is 0.0263. The third-order valence-electron chi connectivity index (χ3n) is 3.74. The number of hydrogen-bond donors (Lipinski definition) is 0. The van der Waals surface area contributed by atoms with Crippen LogP contribution in [-0.2, 0) is 15.9 Å². The van der Waals surface area contributed by atoms with E-state index in [0.29, 0.717) is 19.7 Å². The summed E-state index contributed by atoms with van der Waals surface area (Å²) < 4.78 is 10.6. The predicted molar refractivity (Wildman–Crippen MR) is 92.2 cm³/mol. The largest absolute Gasteiger partial charge is 0.444 e. The lowest BCUT2D eigenvalue weighted by Crippen LogP contribution is -2.39. The summed E-state index contributed by atoms with van der Waals surface area (Å²) in [6.45, 7) is 9.23. The molecule has 1 saturated heterocycles. The molecule has 7 nitrogen and oxygen atoms in total. The Morgan fingerprint density at radius 2 is 2.00 bits per heavy atom. The molecular weight excluding hydrogens is 308 g/mol. The average molecular weight is 336 g/mol. The molecule has 0 N–H and O–H groups in total. The number of rotatable bonds is 4. The van der Waals surface area contributed by atoms with Crippen molar-refractivity contribution in [2.45, 2.75) is 39.2 Å². The van der Waals surface area contributed by atoms with Crippen LogP contribution in [0.4, 0.5) is 10.6 Å². The highest BCUT2D eigenvalue weighted by Crippen LogP contribution is 2.16. The summed E-state index contributed by atoms with van der Waals surface area (Å²) >= 11 is 0. The Morgan fingerprint density at radius 1 is 1.21 bits per heavy atom. The van der Waals surface area contributed by atoms with E-state index in [0.717, 1.165) is 37.4 Å². The second-order valence-electron chi connectivity index (χ2n) is 6.92. The fourth-order valence-corrected chi connectivity index (χ4v) is 2.56. The molecule has 24 heavy (non-hydrogen) atoms. The highest BCUT2D eigenvalue weighted by Gasteiger charge is 2.24. The van der Waals surface area contributed by atoms with Gasteiger partial charge in [-0.05, 0) is 27.2 Å². The first-order valence-corrected chi connectivity index (χ1v) is 8.42. The van der Waals surface area contributed by atoms with E-state index >= 15 is 0 Å². The van der Waals surface area contributed by atoms with Gasteiger partial charge in [-0.15, -0.1) is 0 Å². The van der Waals surface area contributed by atoms with Gasteiger partial charge in [-0.2, -0.15) is 0 Å². The molecule has 1 aromatic heterocycles. The van der Waals surface area contributed by atoms with E-state index in [-0.39, 0.29) is 6.09 Å². The zero-order valence-corrected chi connectivity index (χ0v) is 15.1. The molecule has 0 spiro atoms. The predicted octanol–water partition coefficient (Wildman–Crippen LogP) is 2.11. The summed E-state index contributed by atoms with van der Waals surface area (Å²) in [5.41, 5.74) is 0.501. The quantitative estimate of drug-likeness (QED) is 0.839. The third kappa shape index (κ3) is 5.63. The van der Waals surface area contributed by atoms with E-state index < -0.39 is 5.60 Å². The molecule has 1 aromatic rings. The second-order valence-corrected chi connectivity index (χ2v) is 6.92. The Morgan fingerprint density at radius 3 is 2.71 bits per heavy atom. The van der Waals surface area contributed by atoms with Gasteiger partial charge >= 0.3 is 6.09 Å². The first-order chi connectivity index (χ1) is 11.4. The molecule has 2 heterocycles. The van der Waals surface area contributed by atoms with Gasteiger partial charge in [-0.1, -0.05) is 0 Å². The molecule has 0 bridgehead atoms. The second kappa shape index (κ2) is 8.28.